The smallest absolute Gasteiger partial charge is 0.263 e. The second kappa shape index (κ2) is 5.85. The number of fused-ring (bicyclic) bond motifs is 1. The highest BCUT2D eigenvalue weighted by molar-refractivity contribution is 7.99. The van der Waals surface area contributed by atoms with Crippen molar-refractivity contribution >= 4 is 44.8 Å². The van der Waals surface area contributed by atoms with Gasteiger partial charge < -0.3 is 11.1 Å². The Morgan fingerprint density at radius 2 is 2.10 bits per heavy atom. The van der Waals surface area contributed by atoms with Gasteiger partial charge in [0.1, 0.15) is 4.88 Å². The average Bonchev–Trinajstić information content (AvgIpc) is 2.77. The van der Waals surface area contributed by atoms with Crippen molar-refractivity contribution in [3.63, 3.8) is 0 Å². The molecule has 0 bridgehead atoms. The number of nitrogen functional groups attached to an aromatic ring is 1. The molecule has 3 N–H and O–H groups in total. The summed E-state index contributed by atoms with van der Waals surface area (Å²) in [6.07, 6.45) is 2.09. The summed E-state index contributed by atoms with van der Waals surface area (Å²) in [7, 11) is 0. The number of nitrogens with two attached hydrogens (primary N) is 1. The van der Waals surface area contributed by atoms with Gasteiger partial charge in [0.2, 0.25) is 0 Å². The van der Waals surface area contributed by atoms with Gasteiger partial charge in [0.15, 0.2) is 0 Å². The van der Waals surface area contributed by atoms with E-state index >= 15 is 0 Å². The van der Waals surface area contributed by atoms with Crippen LogP contribution < -0.4 is 11.1 Å². The van der Waals surface area contributed by atoms with E-state index in [4.69, 9.17) is 5.73 Å². The summed E-state index contributed by atoms with van der Waals surface area (Å²) in [5, 5.41) is 4.05. The molecule has 1 amide bonds. The number of thiophene rings is 1. The molecule has 0 saturated carbocycles. The fraction of sp³-hybridized carbons (Fsp3) is 0.467. The SMILES string of the molecule is Cc1cc2sc(C(=O)NC3CCSCC3)c(N)c2c(C)n1. The number of carbonyl (C=O) groups is 1. The number of pyridine rings is 1. The van der Waals surface area contributed by atoms with Crippen molar-refractivity contribution in [2.24, 2.45) is 0 Å². The maximum absolute atomic E-state index is 12.5. The average molecular weight is 321 g/mol. The lowest BCUT2D eigenvalue weighted by Gasteiger charge is -2.22. The summed E-state index contributed by atoms with van der Waals surface area (Å²) in [5.74, 6) is 2.20. The molecule has 2 aromatic rings. The van der Waals surface area contributed by atoms with Crippen molar-refractivity contribution in [3.8, 4) is 0 Å². The largest absolute Gasteiger partial charge is 0.397 e. The van der Waals surface area contributed by atoms with E-state index in [1.807, 2.05) is 31.7 Å². The van der Waals surface area contributed by atoms with Gasteiger partial charge in [-0.25, -0.2) is 0 Å². The van der Waals surface area contributed by atoms with Crippen molar-refractivity contribution in [1.29, 1.82) is 0 Å². The van der Waals surface area contributed by atoms with Crippen LogP contribution in [0.3, 0.4) is 0 Å². The van der Waals surface area contributed by atoms with E-state index in [1.54, 1.807) is 0 Å². The van der Waals surface area contributed by atoms with E-state index in [0.717, 1.165) is 45.8 Å². The highest BCUT2D eigenvalue weighted by Gasteiger charge is 2.22. The number of aryl methyl sites for hydroxylation is 2. The van der Waals surface area contributed by atoms with E-state index < -0.39 is 0 Å². The molecular weight excluding hydrogens is 302 g/mol. The first-order valence-corrected chi connectivity index (χ1v) is 9.08. The minimum atomic E-state index is -0.0392. The molecule has 6 heteroatoms. The first kappa shape index (κ1) is 14.7. The van der Waals surface area contributed by atoms with Crippen molar-refractivity contribution in [2.45, 2.75) is 32.7 Å². The third-order valence-corrected chi connectivity index (χ3v) is 5.98. The zero-order valence-corrected chi connectivity index (χ0v) is 13.9. The summed E-state index contributed by atoms with van der Waals surface area (Å²) in [5.41, 5.74) is 8.62. The molecule has 1 aliphatic rings. The Labute approximate surface area is 132 Å². The maximum atomic E-state index is 12.5. The first-order valence-electron chi connectivity index (χ1n) is 7.11. The normalized spacial score (nSPS) is 16.3. The van der Waals surface area contributed by atoms with Crippen LogP contribution in [0, 0.1) is 13.8 Å². The van der Waals surface area contributed by atoms with Crippen LogP contribution in [0.25, 0.3) is 10.1 Å². The lowest BCUT2D eigenvalue weighted by Crippen LogP contribution is -2.37. The van der Waals surface area contributed by atoms with E-state index in [1.165, 1.54) is 11.3 Å². The summed E-state index contributed by atoms with van der Waals surface area (Å²) >= 11 is 3.42. The Hall–Kier alpha value is -1.27. The number of aromatic nitrogens is 1. The zero-order chi connectivity index (χ0) is 15.0. The van der Waals surface area contributed by atoms with Crippen LogP contribution in [-0.4, -0.2) is 28.4 Å². The number of carbonyl (C=O) groups excluding carboxylic acids is 1. The molecule has 1 aliphatic heterocycles. The third-order valence-electron chi connectivity index (χ3n) is 3.78. The molecule has 112 valence electrons. The molecule has 3 heterocycles. The monoisotopic (exact) mass is 321 g/mol. The van der Waals surface area contributed by atoms with Crippen LogP contribution in [0.1, 0.15) is 33.9 Å². The van der Waals surface area contributed by atoms with E-state index in [-0.39, 0.29) is 11.9 Å². The van der Waals surface area contributed by atoms with Crippen molar-refractivity contribution < 1.29 is 4.79 Å². The molecular formula is C15H19N3OS2. The Kier molecular flexibility index (Phi) is 4.08. The van der Waals surface area contributed by atoms with Crippen molar-refractivity contribution in [1.82, 2.24) is 10.3 Å². The van der Waals surface area contributed by atoms with Crippen molar-refractivity contribution in [2.75, 3.05) is 17.2 Å². The van der Waals surface area contributed by atoms with E-state index in [2.05, 4.69) is 10.3 Å². The molecule has 1 fully saturated rings. The summed E-state index contributed by atoms with van der Waals surface area (Å²) in [6.45, 7) is 3.90. The van der Waals surface area contributed by atoms with Gasteiger partial charge in [-0.05, 0) is 44.3 Å². The lowest BCUT2D eigenvalue weighted by molar-refractivity contribution is 0.0940. The minimum absolute atomic E-state index is 0.0392. The Morgan fingerprint density at radius 1 is 1.38 bits per heavy atom. The molecule has 4 nitrogen and oxygen atoms in total. The quantitative estimate of drug-likeness (QED) is 0.892. The molecule has 0 unspecified atom stereocenters. The number of nitrogens with one attached hydrogen (secondary N) is 1. The van der Waals surface area contributed by atoms with Crippen LogP contribution >= 0.6 is 23.1 Å². The van der Waals surface area contributed by atoms with Crippen LogP contribution in [-0.2, 0) is 0 Å². The fourth-order valence-electron chi connectivity index (χ4n) is 2.74. The molecule has 0 radical (unpaired) electrons. The van der Waals surface area contributed by atoms with Crippen molar-refractivity contribution in [3.05, 3.63) is 22.3 Å². The Bertz CT molecular complexity index is 690. The molecule has 0 aliphatic carbocycles. The zero-order valence-electron chi connectivity index (χ0n) is 12.2. The summed E-state index contributed by atoms with van der Waals surface area (Å²) in [6, 6.07) is 2.28. The number of anilines is 1. The van der Waals surface area contributed by atoms with Gasteiger partial charge in [0.25, 0.3) is 5.91 Å². The standard InChI is InChI=1S/C15H19N3OS2/c1-8-7-11-12(9(2)17-8)13(16)14(21-11)15(19)18-10-3-5-20-6-4-10/h7,10H,3-6,16H2,1-2H3,(H,18,19). The first-order chi connectivity index (χ1) is 10.1. The molecule has 2 aromatic heterocycles. The second-order valence-corrected chi connectivity index (χ2v) is 7.70. The van der Waals surface area contributed by atoms with Gasteiger partial charge >= 0.3 is 0 Å². The highest BCUT2D eigenvalue weighted by Crippen LogP contribution is 2.35. The molecule has 1 saturated heterocycles. The number of nitrogens with zero attached hydrogens (tertiary/aromatic N) is 1. The van der Waals surface area contributed by atoms with Crippen LogP contribution in [0.4, 0.5) is 5.69 Å². The molecule has 0 aromatic carbocycles. The van der Waals surface area contributed by atoms with Gasteiger partial charge in [0, 0.05) is 27.5 Å². The van der Waals surface area contributed by atoms with Gasteiger partial charge in [-0.1, -0.05) is 0 Å². The lowest BCUT2D eigenvalue weighted by atomic mass is 10.1. The van der Waals surface area contributed by atoms with Gasteiger partial charge in [-0.15, -0.1) is 11.3 Å². The molecule has 0 spiro atoms. The summed E-state index contributed by atoms with van der Waals surface area (Å²) in [4.78, 5) is 17.6. The topological polar surface area (TPSA) is 68.0 Å². The summed E-state index contributed by atoms with van der Waals surface area (Å²) < 4.78 is 1.04. The number of amides is 1. The second-order valence-electron chi connectivity index (χ2n) is 5.43. The Balaban J connectivity index is 1.91. The van der Waals surface area contributed by atoms with Crippen LogP contribution in [0.5, 0.6) is 0 Å². The number of rotatable bonds is 2. The number of hydrogen-bond acceptors (Lipinski definition) is 5. The van der Waals surface area contributed by atoms with Gasteiger partial charge in [0.05, 0.1) is 5.69 Å². The van der Waals surface area contributed by atoms with E-state index in [9.17, 15) is 4.79 Å². The maximum Gasteiger partial charge on any atom is 0.263 e. The van der Waals surface area contributed by atoms with E-state index in [0.29, 0.717) is 10.6 Å². The molecule has 0 atom stereocenters. The number of thioether (sulfide) groups is 1. The number of hydrogen-bond donors (Lipinski definition) is 2. The fourth-order valence-corrected chi connectivity index (χ4v) is 5.02. The molecule has 21 heavy (non-hydrogen) atoms. The molecule has 3 rings (SSSR count). The Morgan fingerprint density at radius 3 is 2.81 bits per heavy atom. The van der Waals surface area contributed by atoms with Crippen LogP contribution in [0.2, 0.25) is 0 Å². The predicted molar refractivity (Wildman–Crippen MR) is 91.3 cm³/mol. The van der Waals surface area contributed by atoms with Gasteiger partial charge in [-0.3, -0.25) is 9.78 Å². The highest BCUT2D eigenvalue weighted by atomic mass is 32.2. The van der Waals surface area contributed by atoms with Gasteiger partial charge in [-0.2, -0.15) is 11.8 Å². The third kappa shape index (κ3) is 2.87. The minimum Gasteiger partial charge on any atom is -0.397 e. The predicted octanol–water partition coefficient (Wildman–Crippen LogP) is 3.12. The van der Waals surface area contributed by atoms with Crippen LogP contribution in [0.15, 0.2) is 6.07 Å².